The molecule has 1 aliphatic carbocycles. The van der Waals surface area contributed by atoms with Crippen LogP contribution in [-0.4, -0.2) is 17.4 Å². The lowest BCUT2D eigenvalue weighted by atomic mass is 10.3. The predicted molar refractivity (Wildman–Crippen MR) is 30.6 cm³/mol. The molecule has 1 fully saturated rings. The first kappa shape index (κ1) is 7.24. The van der Waals surface area contributed by atoms with Crippen molar-refractivity contribution in [3.05, 3.63) is 10.1 Å². The number of hydrogen-bond donors (Lipinski definition) is 0. The normalized spacial score (nSPS) is 32.1. The van der Waals surface area contributed by atoms with Gasteiger partial charge in [-0.3, -0.25) is 0 Å². The second kappa shape index (κ2) is 2.81. The molecule has 1 rings (SSSR count). The smallest absolute Gasteiger partial charge is 0.294 e. The second-order valence-electron chi connectivity index (χ2n) is 2.31. The van der Waals surface area contributed by atoms with Crippen molar-refractivity contribution in [1.82, 2.24) is 0 Å². The SMILES string of the molecule is O=[N+]([O-])OC1CCCC1F. The average molecular weight is 149 g/mol. The molecule has 58 valence electrons. The van der Waals surface area contributed by atoms with Gasteiger partial charge < -0.3 is 4.84 Å². The highest BCUT2D eigenvalue weighted by Gasteiger charge is 2.29. The van der Waals surface area contributed by atoms with Crippen LogP contribution in [0.5, 0.6) is 0 Å². The van der Waals surface area contributed by atoms with E-state index in [1.807, 2.05) is 0 Å². The Morgan fingerprint density at radius 2 is 2.30 bits per heavy atom. The summed E-state index contributed by atoms with van der Waals surface area (Å²) in [5.74, 6) is 0. The van der Waals surface area contributed by atoms with Gasteiger partial charge in [-0.05, 0) is 19.3 Å². The Labute approximate surface area is 57.1 Å². The van der Waals surface area contributed by atoms with Crippen LogP contribution in [0.2, 0.25) is 0 Å². The Hall–Kier alpha value is -0.870. The summed E-state index contributed by atoms with van der Waals surface area (Å²) in [6, 6.07) is 0. The van der Waals surface area contributed by atoms with Crippen molar-refractivity contribution in [3.63, 3.8) is 0 Å². The van der Waals surface area contributed by atoms with Crippen LogP contribution in [0.25, 0.3) is 0 Å². The molecule has 0 aromatic carbocycles. The largest absolute Gasteiger partial charge is 0.308 e. The highest BCUT2D eigenvalue weighted by Crippen LogP contribution is 2.24. The molecule has 0 spiro atoms. The highest BCUT2D eigenvalue weighted by atomic mass is 19.1. The molecule has 4 nitrogen and oxygen atoms in total. The maximum absolute atomic E-state index is 12.5. The third-order valence-corrected chi connectivity index (χ3v) is 1.59. The molecule has 0 aromatic rings. The molecule has 0 N–H and O–H groups in total. The molecule has 1 saturated carbocycles. The molecule has 10 heavy (non-hydrogen) atoms. The van der Waals surface area contributed by atoms with Crippen LogP contribution >= 0.6 is 0 Å². The predicted octanol–water partition coefficient (Wildman–Crippen LogP) is 1.09. The Kier molecular flexibility index (Phi) is 2.03. The first-order chi connectivity index (χ1) is 4.70. The van der Waals surface area contributed by atoms with Crippen LogP contribution in [0.1, 0.15) is 19.3 Å². The number of nitrogens with zero attached hydrogens (tertiary/aromatic N) is 1. The monoisotopic (exact) mass is 149 g/mol. The maximum atomic E-state index is 12.5. The van der Waals surface area contributed by atoms with Gasteiger partial charge in [0.15, 0.2) is 0 Å². The van der Waals surface area contributed by atoms with Crippen molar-refractivity contribution in [2.75, 3.05) is 0 Å². The fraction of sp³-hybridized carbons (Fsp3) is 1.00. The van der Waals surface area contributed by atoms with Gasteiger partial charge in [0, 0.05) is 0 Å². The minimum Gasteiger partial charge on any atom is -0.308 e. The summed E-state index contributed by atoms with van der Waals surface area (Å²) in [4.78, 5) is 13.8. The first-order valence-corrected chi connectivity index (χ1v) is 3.15. The van der Waals surface area contributed by atoms with Gasteiger partial charge in [0.05, 0.1) is 0 Å². The van der Waals surface area contributed by atoms with Gasteiger partial charge in [-0.1, -0.05) is 0 Å². The lowest BCUT2D eigenvalue weighted by molar-refractivity contribution is -0.769. The summed E-state index contributed by atoms with van der Waals surface area (Å²) in [5.41, 5.74) is 0. The molecule has 0 bridgehead atoms. The van der Waals surface area contributed by atoms with Gasteiger partial charge in [0.2, 0.25) is 0 Å². The molecule has 2 atom stereocenters. The van der Waals surface area contributed by atoms with Crippen LogP contribution in [0.3, 0.4) is 0 Å². The molecule has 0 aromatic heterocycles. The average Bonchev–Trinajstić information content (AvgIpc) is 2.15. The van der Waals surface area contributed by atoms with Gasteiger partial charge in [0.25, 0.3) is 5.09 Å². The lowest BCUT2D eigenvalue weighted by Gasteiger charge is -2.08. The summed E-state index contributed by atoms with van der Waals surface area (Å²) in [6.45, 7) is 0. The quantitative estimate of drug-likeness (QED) is 0.436. The molecule has 0 heterocycles. The Bertz CT molecular complexity index is 141. The van der Waals surface area contributed by atoms with Crippen LogP contribution in [0.15, 0.2) is 0 Å². The van der Waals surface area contributed by atoms with Crippen LogP contribution < -0.4 is 0 Å². The Morgan fingerprint density at radius 1 is 1.60 bits per heavy atom. The molecular weight excluding hydrogens is 141 g/mol. The van der Waals surface area contributed by atoms with Crippen LogP contribution in [-0.2, 0) is 4.84 Å². The van der Waals surface area contributed by atoms with E-state index in [0.717, 1.165) is 0 Å². The number of alkyl halides is 1. The van der Waals surface area contributed by atoms with Gasteiger partial charge in [-0.2, -0.15) is 0 Å². The summed E-state index contributed by atoms with van der Waals surface area (Å²) in [5, 5.41) is 8.79. The molecular formula is C5H8FNO3. The van der Waals surface area contributed by atoms with Gasteiger partial charge in [0.1, 0.15) is 12.3 Å². The highest BCUT2D eigenvalue weighted by molar-refractivity contribution is 4.76. The minimum absolute atomic E-state index is 0.387. The van der Waals surface area contributed by atoms with Gasteiger partial charge in [-0.15, -0.1) is 10.1 Å². The van der Waals surface area contributed by atoms with Gasteiger partial charge >= 0.3 is 0 Å². The van der Waals surface area contributed by atoms with Gasteiger partial charge in [-0.25, -0.2) is 4.39 Å². The summed E-state index contributed by atoms with van der Waals surface area (Å²) in [7, 11) is 0. The van der Waals surface area contributed by atoms with Crippen molar-refractivity contribution in [1.29, 1.82) is 0 Å². The Morgan fingerprint density at radius 3 is 2.70 bits per heavy atom. The number of halogens is 1. The zero-order valence-electron chi connectivity index (χ0n) is 5.33. The molecule has 0 amide bonds. The second-order valence-corrected chi connectivity index (χ2v) is 2.31. The fourth-order valence-corrected chi connectivity index (χ4v) is 1.11. The van der Waals surface area contributed by atoms with Crippen molar-refractivity contribution < 1.29 is 14.3 Å². The van der Waals surface area contributed by atoms with Crippen LogP contribution in [0, 0.1) is 10.1 Å². The standard InChI is InChI=1S/C5H8FNO3/c6-4-2-1-3-5(4)10-7(8)9/h4-5H,1-3H2. The lowest BCUT2D eigenvalue weighted by Crippen LogP contribution is -2.22. The number of hydrogen-bond acceptors (Lipinski definition) is 3. The Balaban J connectivity index is 2.33. The van der Waals surface area contributed by atoms with E-state index in [4.69, 9.17) is 0 Å². The third-order valence-electron chi connectivity index (χ3n) is 1.59. The van der Waals surface area contributed by atoms with E-state index in [0.29, 0.717) is 19.3 Å². The first-order valence-electron chi connectivity index (χ1n) is 3.15. The van der Waals surface area contributed by atoms with Crippen molar-refractivity contribution in [2.45, 2.75) is 31.5 Å². The van der Waals surface area contributed by atoms with E-state index < -0.39 is 17.4 Å². The topological polar surface area (TPSA) is 52.4 Å². The molecule has 5 heteroatoms. The zero-order chi connectivity index (χ0) is 7.56. The van der Waals surface area contributed by atoms with E-state index in [1.165, 1.54) is 0 Å². The molecule has 0 aliphatic heterocycles. The minimum atomic E-state index is -1.15. The summed E-state index contributed by atoms with van der Waals surface area (Å²) < 4.78 is 12.5. The van der Waals surface area contributed by atoms with E-state index in [9.17, 15) is 14.5 Å². The third kappa shape index (κ3) is 1.55. The fourth-order valence-electron chi connectivity index (χ4n) is 1.11. The van der Waals surface area contributed by atoms with E-state index in [-0.39, 0.29) is 0 Å². The van der Waals surface area contributed by atoms with Crippen LogP contribution in [0.4, 0.5) is 4.39 Å². The van der Waals surface area contributed by atoms with Crippen molar-refractivity contribution in [3.8, 4) is 0 Å². The molecule has 0 saturated heterocycles. The molecule has 2 unspecified atom stereocenters. The molecule has 1 aliphatic rings. The zero-order valence-corrected chi connectivity index (χ0v) is 5.33. The molecule has 0 radical (unpaired) electrons. The van der Waals surface area contributed by atoms with E-state index >= 15 is 0 Å². The summed E-state index contributed by atoms with van der Waals surface area (Å²) in [6.07, 6.45) is -0.430. The van der Waals surface area contributed by atoms with Crippen molar-refractivity contribution in [2.24, 2.45) is 0 Å². The number of rotatable bonds is 2. The maximum Gasteiger partial charge on any atom is 0.294 e. The van der Waals surface area contributed by atoms with E-state index in [1.54, 1.807) is 0 Å². The summed E-state index contributed by atoms with van der Waals surface area (Å²) >= 11 is 0. The van der Waals surface area contributed by atoms with E-state index in [2.05, 4.69) is 4.84 Å². The van der Waals surface area contributed by atoms with Crippen molar-refractivity contribution >= 4 is 0 Å².